The van der Waals surface area contributed by atoms with Gasteiger partial charge in [-0.05, 0) is 41.6 Å². The summed E-state index contributed by atoms with van der Waals surface area (Å²) in [5, 5.41) is 5.04. The van der Waals surface area contributed by atoms with Gasteiger partial charge in [0, 0.05) is 28.2 Å². The summed E-state index contributed by atoms with van der Waals surface area (Å²) in [5.74, 6) is -1.72. The summed E-state index contributed by atoms with van der Waals surface area (Å²) >= 11 is 1.55. The molecule has 2 heterocycles. The molecule has 0 saturated heterocycles. The first kappa shape index (κ1) is 18.6. The Kier molecular flexibility index (Phi) is 5.11. The molecule has 4 aromatic rings. The molecule has 2 aromatic heterocycles. The molecule has 0 bridgehead atoms. The molecule has 0 radical (unpaired) electrons. The predicted octanol–water partition coefficient (Wildman–Crippen LogP) is 5.24. The lowest BCUT2D eigenvalue weighted by molar-refractivity contribution is 0.495. The molecule has 28 heavy (non-hydrogen) atoms. The number of aromatic nitrogens is 2. The number of hydrogen-bond donors (Lipinski definition) is 3. The van der Waals surface area contributed by atoms with Gasteiger partial charge in [0.15, 0.2) is 11.6 Å². The fourth-order valence-electron chi connectivity index (χ4n) is 3.25. The number of nitrogens with two attached hydrogens (primary N) is 1. The molecule has 2 aromatic carbocycles. The lowest BCUT2D eigenvalue weighted by Gasteiger charge is -2.20. The van der Waals surface area contributed by atoms with Crippen molar-refractivity contribution in [3.8, 4) is 11.1 Å². The summed E-state index contributed by atoms with van der Waals surface area (Å²) in [6.07, 6.45) is 2.48. The van der Waals surface area contributed by atoms with Crippen molar-refractivity contribution in [3.63, 3.8) is 0 Å². The van der Waals surface area contributed by atoms with E-state index >= 15 is 0 Å². The maximum atomic E-state index is 14.9. The Labute approximate surface area is 165 Å². The predicted molar refractivity (Wildman–Crippen MR) is 111 cm³/mol. The van der Waals surface area contributed by atoms with Crippen LogP contribution in [0.2, 0.25) is 0 Å². The minimum Gasteiger partial charge on any atom is -0.377 e. The Morgan fingerprint density at radius 3 is 2.79 bits per heavy atom. The first-order valence-corrected chi connectivity index (χ1v) is 9.94. The van der Waals surface area contributed by atoms with Crippen LogP contribution in [0.5, 0.6) is 0 Å². The first-order valence-electron chi connectivity index (χ1n) is 9.06. The van der Waals surface area contributed by atoms with E-state index in [1.165, 1.54) is 0 Å². The molecular formula is C21H20F2N4S. The van der Waals surface area contributed by atoms with Crippen molar-refractivity contribution in [1.29, 1.82) is 0 Å². The highest BCUT2D eigenvalue weighted by atomic mass is 32.1. The van der Waals surface area contributed by atoms with Crippen LogP contribution in [0.3, 0.4) is 0 Å². The Bertz CT molecular complexity index is 1120. The molecule has 1 unspecified atom stereocenters. The van der Waals surface area contributed by atoms with E-state index in [0.717, 1.165) is 28.0 Å². The van der Waals surface area contributed by atoms with Crippen LogP contribution in [0.1, 0.15) is 23.4 Å². The zero-order valence-electron chi connectivity index (χ0n) is 15.3. The van der Waals surface area contributed by atoms with Crippen LogP contribution < -0.4 is 11.1 Å². The van der Waals surface area contributed by atoms with Gasteiger partial charge in [0.1, 0.15) is 0 Å². The molecule has 1 atom stereocenters. The molecule has 0 spiro atoms. The molecule has 0 aliphatic heterocycles. The summed E-state index contributed by atoms with van der Waals surface area (Å²) < 4.78 is 29.7. The highest BCUT2D eigenvalue weighted by Gasteiger charge is 2.21. The van der Waals surface area contributed by atoms with Crippen LogP contribution in [0.4, 0.5) is 14.5 Å². The van der Waals surface area contributed by atoms with Gasteiger partial charge in [-0.1, -0.05) is 19.1 Å². The Morgan fingerprint density at radius 1 is 1.18 bits per heavy atom. The molecule has 0 amide bonds. The molecular weight excluding hydrogens is 378 g/mol. The number of aryl methyl sites for hydroxylation is 1. The molecule has 7 heteroatoms. The number of anilines is 1. The van der Waals surface area contributed by atoms with Gasteiger partial charge >= 0.3 is 0 Å². The van der Waals surface area contributed by atoms with Crippen molar-refractivity contribution in [2.24, 2.45) is 5.73 Å². The van der Waals surface area contributed by atoms with Crippen molar-refractivity contribution < 1.29 is 8.78 Å². The lowest BCUT2D eigenvalue weighted by Crippen LogP contribution is -2.22. The second kappa shape index (κ2) is 7.69. The number of rotatable bonds is 6. The van der Waals surface area contributed by atoms with Gasteiger partial charge in [-0.2, -0.15) is 0 Å². The van der Waals surface area contributed by atoms with Gasteiger partial charge in [0.05, 0.1) is 23.4 Å². The van der Waals surface area contributed by atoms with E-state index in [-0.39, 0.29) is 17.7 Å². The number of benzene rings is 2. The molecule has 4 nitrogen and oxygen atoms in total. The van der Waals surface area contributed by atoms with Crippen LogP contribution >= 0.6 is 11.3 Å². The Balaban J connectivity index is 1.65. The van der Waals surface area contributed by atoms with Crippen molar-refractivity contribution in [3.05, 3.63) is 70.2 Å². The van der Waals surface area contributed by atoms with Crippen molar-refractivity contribution in [1.82, 2.24) is 9.97 Å². The van der Waals surface area contributed by atoms with Crippen LogP contribution in [0.25, 0.3) is 22.2 Å². The fraction of sp³-hybridized carbons (Fsp3) is 0.190. The van der Waals surface area contributed by atoms with Gasteiger partial charge in [0.2, 0.25) is 0 Å². The molecule has 0 aliphatic rings. The summed E-state index contributed by atoms with van der Waals surface area (Å²) in [7, 11) is 0. The van der Waals surface area contributed by atoms with E-state index in [0.29, 0.717) is 5.56 Å². The van der Waals surface area contributed by atoms with Gasteiger partial charge < -0.3 is 16.0 Å². The smallest absolute Gasteiger partial charge is 0.167 e. The minimum atomic E-state index is -0.870. The average molecular weight is 398 g/mol. The van der Waals surface area contributed by atoms with E-state index in [1.807, 2.05) is 36.6 Å². The summed E-state index contributed by atoms with van der Waals surface area (Å²) in [6, 6.07) is 10.1. The molecule has 0 saturated carbocycles. The lowest BCUT2D eigenvalue weighted by atomic mass is 10.00. The summed E-state index contributed by atoms with van der Waals surface area (Å²) in [4.78, 5) is 8.36. The molecule has 4 rings (SSSR count). The SMILES string of the molecule is CCc1cc(-c2ccc(C(CN)Nc3ccc4[nH]cnc4c3)c(F)c2F)cs1. The second-order valence-corrected chi connectivity index (χ2v) is 7.55. The number of imidazole rings is 1. The maximum Gasteiger partial charge on any atom is 0.167 e. The number of H-pyrrole nitrogens is 1. The Morgan fingerprint density at radius 2 is 2.04 bits per heavy atom. The fourth-order valence-corrected chi connectivity index (χ4v) is 4.09. The number of aromatic amines is 1. The maximum absolute atomic E-state index is 14.9. The van der Waals surface area contributed by atoms with E-state index in [1.54, 1.807) is 29.8 Å². The third-order valence-electron chi connectivity index (χ3n) is 4.80. The molecule has 0 aliphatic carbocycles. The third kappa shape index (κ3) is 3.39. The van der Waals surface area contributed by atoms with Crippen LogP contribution in [0.15, 0.2) is 48.1 Å². The van der Waals surface area contributed by atoms with E-state index in [2.05, 4.69) is 15.3 Å². The number of nitrogens with one attached hydrogen (secondary N) is 2. The van der Waals surface area contributed by atoms with Gasteiger partial charge in [0.25, 0.3) is 0 Å². The highest BCUT2D eigenvalue weighted by molar-refractivity contribution is 7.10. The van der Waals surface area contributed by atoms with Gasteiger partial charge in [-0.15, -0.1) is 11.3 Å². The zero-order chi connectivity index (χ0) is 19.7. The topological polar surface area (TPSA) is 66.7 Å². The quantitative estimate of drug-likeness (QED) is 0.416. The van der Waals surface area contributed by atoms with E-state index < -0.39 is 17.7 Å². The standard InChI is InChI=1S/C21H20F2N4S/c1-2-14-7-12(10-28-14)15-4-5-16(21(23)20(15)22)19(9-24)27-13-3-6-17-18(8-13)26-11-25-17/h3-8,10-11,19,27H,2,9,24H2,1H3,(H,25,26). The van der Waals surface area contributed by atoms with Crippen molar-refractivity contribution in [2.45, 2.75) is 19.4 Å². The van der Waals surface area contributed by atoms with Crippen molar-refractivity contribution >= 4 is 28.1 Å². The zero-order valence-corrected chi connectivity index (χ0v) is 16.1. The monoisotopic (exact) mass is 398 g/mol. The van der Waals surface area contributed by atoms with Gasteiger partial charge in [-0.25, -0.2) is 13.8 Å². The summed E-state index contributed by atoms with van der Waals surface area (Å²) in [5.41, 5.74) is 9.46. The molecule has 4 N–H and O–H groups in total. The van der Waals surface area contributed by atoms with E-state index in [4.69, 9.17) is 5.73 Å². The normalized spacial score (nSPS) is 12.4. The number of hydrogen-bond acceptors (Lipinski definition) is 4. The van der Waals surface area contributed by atoms with Crippen LogP contribution in [-0.4, -0.2) is 16.5 Å². The minimum absolute atomic E-state index is 0.118. The number of fused-ring (bicyclic) bond motifs is 1. The number of thiophene rings is 1. The summed E-state index contributed by atoms with van der Waals surface area (Å²) in [6.45, 7) is 2.15. The van der Waals surface area contributed by atoms with Crippen LogP contribution in [0, 0.1) is 11.6 Å². The molecule has 0 fully saturated rings. The average Bonchev–Trinajstić information content (AvgIpc) is 3.37. The molecule has 144 valence electrons. The first-order chi connectivity index (χ1) is 13.6. The van der Waals surface area contributed by atoms with Crippen molar-refractivity contribution in [2.75, 3.05) is 11.9 Å². The second-order valence-electron chi connectivity index (χ2n) is 6.55. The third-order valence-corrected chi connectivity index (χ3v) is 5.88. The Hall–Kier alpha value is -2.77. The number of nitrogens with zero attached hydrogens (tertiary/aromatic N) is 1. The van der Waals surface area contributed by atoms with Crippen LogP contribution in [-0.2, 0) is 6.42 Å². The largest absolute Gasteiger partial charge is 0.377 e. The highest BCUT2D eigenvalue weighted by Crippen LogP contribution is 2.33. The van der Waals surface area contributed by atoms with Gasteiger partial charge in [-0.3, -0.25) is 0 Å². The van der Waals surface area contributed by atoms with E-state index in [9.17, 15) is 8.78 Å². The number of halogens is 2.